The third-order valence-electron chi connectivity index (χ3n) is 3.17. The Kier molecular flexibility index (Phi) is 4.92. The molecule has 0 unspecified atom stereocenters. The van der Waals surface area contributed by atoms with Gasteiger partial charge in [-0.3, -0.25) is 4.79 Å². The van der Waals surface area contributed by atoms with E-state index in [1.54, 1.807) is 18.2 Å². The fourth-order valence-corrected chi connectivity index (χ4v) is 2.13. The van der Waals surface area contributed by atoms with E-state index in [0.717, 1.165) is 0 Å². The maximum Gasteiger partial charge on any atom is 0.241 e. The van der Waals surface area contributed by atoms with Crippen LogP contribution in [0.2, 0.25) is 0 Å². The standard InChI is InChI=1S/C16H18N4O2/c1-10(2)5-14(18)16(21)20-12-3-4-13(11(6-12)7-17)15-8-19-9-22-15/h3-4,6,8-10,14H,5,18H2,1-2H3,(H,20,21)/t14-/m1/s1. The van der Waals surface area contributed by atoms with Crippen LogP contribution in [0.3, 0.4) is 0 Å². The second kappa shape index (κ2) is 6.87. The second-order valence-electron chi connectivity index (χ2n) is 5.46. The first-order chi connectivity index (χ1) is 10.5. The minimum atomic E-state index is -0.570. The molecule has 0 aliphatic rings. The molecule has 0 aliphatic heterocycles. The van der Waals surface area contributed by atoms with Gasteiger partial charge in [0.25, 0.3) is 0 Å². The molecule has 0 aliphatic carbocycles. The van der Waals surface area contributed by atoms with Crippen molar-refractivity contribution >= 4 is 11.6 Å². The zero-order valence-corrected chi connectivity index (χ0v) is 12.5. The Morgan fingerprint density at radius 1 is 1.50 bits per heavy atom. The van der Waals surface area contributed by atoms with E-state index < -0.39 is 6.04 Å². The highest BCUT2D eigenvalue weighted by molar-refractivity contribution is 5.95. The van der Waals surface area contributed by atoms with E-state index in [1.165, 1.54) is 12.6 Å². The van der Waals surface area contributed by atoms with Gasteiger partial charge in [0, 0.05) is 11.3 Å². The van der Waals surface area contributed by atoms with Crippen LogP contribution < -0.4 is 11.1 Å². The van der Waals surface area contributed by atoms with Crippen LogP contribution in [0.25, 0.3) is 11.3 Å². The molecule has 6 heteroatoms. The van der Waals surface area contributed by atoms with Gasteiger partial charge in [0.15, 0.2) is 12.2 Å². The highest BCUT2D eigenvalue weighted by atomic mass is 16.3. The summed E-state index contributed by atoms with van der Waals surface area (Å²) in [6, 6.07) is 6.53. The number of carbonyl (C=O) groups is 1. The predicted octanol–water partition coefficient (Wildman–Crippen LogP) is 2.53. The van der Waals surface area contributed by atoms with Gasteiger partial charge in [0.2, 0.25) is 5.91 Å². The van der Waals surface area contributed by atoms with Crippen LogP contribution in [-0.2, 0) is 4.79 Å². The molecular formula is C16H18N4O2. The molecule has 6 nitrogen and oxygen atoms in total. The normalized spacial score (nSPS) is 12.0. The summed E-state index contributed by atoms with van der Waals surface area (Å²) in [5, 5.41) is 12.0. The number of oxazole rings is 1. The summed E-state index contributed by atoms with van der Waals surface area (Å²) in [6.07, 6.45) is 3.44. The van der Waals surface area contributed by atoms with Crippen LogP contribution in [0, 0.1) is 17.2 Å². The molecule has 0 saturated carbocycles. The van der Waals surface area contributed by atoms with Crippen molar-refractivity contribution in [3.8, 4) is 17.4 Å². The lowest BCUT2D eigenvalue weighted by molar-refractivity contribution is -0.117. The average molecular weight is 298 g/mol. The summed E-state index contributed by atoms with van der Waals surface area (Å²) >= 11 is 0. The highest BCUT2D eigenvalue weighted by Gasteiger charge is 2.16. The van der Waals surface area contributed by atoms with Gasteiger partial charge in [-0.2, -0.15) is 5.26 Å². The Hall–Kier alpha value is -2.65. The molecule has 3 N–H and O–H groups in total. The number of nitrogens with zero attached hydrogens (tertiary/aromatic N) is 2. The van der Waals surface area contributed by atoms with Crippen LogP contribution >= 0.6 is 0 Å². The maximum absolute atomic E-state index is 12.0. The van der Waals surface area contributed by atoms with Crippen molar-refractivity contribution in [2.45, 2.75) is 26.3 Å². The number of nitrogens with one attached hydrogen (secondary N) is 1. The molecule has 0 saturated heterocycles. The van der Waals surface area contributed by atoms with Crippen LogP contribution in [-0.4, -0.2) is 16.9 Å². The molecule has 1 heterocycles. The minimum Gasteiger partial charge on any atom is -0.443 e. The van der Waals surface area contributed by atoms with E-state index in [0.29, 0.717) is 34.9 Å². The van der Waals surface area contributed by atoms with Gasteiger partial charge >= 0.3 is 0 Å². The summed E-state index contributed by atoms with van der Waals surface area (Å²) in [4.78, 5) is 15.8. The van der Waals surface area contributed by atoms with E-state index in [-0.39, 0.29) is 5.91 Å². The fraction of sp³-hybridized carbons (Fsp3) is 0.312. The molecule has 22 heavy (non-hydrogen) atoms. The zero-order chi connectivity index (χ0) is 16.1. The first-order valence-electron chi connectivity index (χ1n) is 7.00. The first kappa shape index (κ1) is 15.7. The van der Waals surface area contributed by atoms with Crippen LogP contribution in [0.5, 0.6) is 0 Å². The van der Waals surface area contributed by atoms with E-state index in [1.807, 2.05) is 13.8 Å². The van der Waals surface area contributed by atoms with Crippen molar-refractivity contribution < 1.29 is 9.21 Å². The third kappa shape index (κ3) is 3.71. The Morgan fingerprint density at radius 3 is 2.86 bits per heavy atom. The van der Waals surface area contributed by atoms with E-state index in [9.17, 15) is 10.1 Å². The van der Waals surface area contributed by atoms with Gasteiger partial charge < -0.3 is 15.5 Å². The second-order valence-corrected chi connectivity index (χ2v) is 5.46. The number of nitrogens with two attached hydrogens (primary N) is 1. The van der Waals surface area contributed by atoms with Crippen molar-refractivity contribution in [1.29, 1.82) is 5.26 Å². The largest absolute Gasteiger partial charge is 0.443 e. The minimum absolute atomic E-state index is 0.259. The van der Waals surface area contributed by atoms with E-state index in [4.69, 9.17) is 10.2 Å². The van der Waals surface area contributed by atoms with Gasteiger partial charge in [-0.15, -0.1) is 0 Å². The van der Waals surface area contributed by atoms with Gasteiger partial charge in [-0.1, -0.05) is 13.8 Å². The number of nitriles is 1. The Bertz CT molecular complexity index is 687. The molecule has 2 aromatic rings. The van der Waals surface area contributed by atoms with Gasteiger partial charge in [-0.05, 0) is 30.5 Å². The molecule has 114 valence electrons. The lowest BCUT2D eigenvalue weighted by atomic mass is 10.0. The summed E-state index contributed by atoms with van der Waals surface area (Å²) in [5.41, 5.74) is 7.40. The number of rotatable bonds is 5. The van der Waals surface area contributed by atoms with Crippen molar-refractivity contribution in [1.82, 2.24) is 4.98 Å². The number of hydrogen-bond donors (Lipinski definition) is 2. The zero-order valence-electron chi connectivity index (χ0n) is 12.5. The summed E-state index contributed by atoms with van der Waals surface area (Å²) < 4.78 is 5.20. The lowest BCUT2D eigenvalue weighted by Crippen LogP contribution is -2.36. The molecule has 2 rings (SSSR count). The SMILES string of the molecule is CC(C)C[C@@H](N)C(=O)Nc1ccc(-c2cnco2)c(C#N)c1. The lowest BCUT2D eigenvalue weighted by Gasteiger charge is -2.14. The molecule has 1 amide bonds. The molecule has 1 aromatic heterocycles. The quantitative estimate of drug-likeness (QED) is 0.882. The summed E-state index contributed by atoms with van der Waals surface area (Å²) in [7, 11) is 0. The number of anilines is 1. The smallest absolute Gasteiger partial charge is 0.241 e. The topological polar surface area (TPSA) is 105 Å². The number of benzene rings is 1. The molecular weight excluding hydrogens is 280 g/mol. The van der Waals surface area contributed by atoms with Crippen LogP contribution in [0.1, 0.15) is 25.8 Å². The monoisotopic (exact) mass is 298 g/mol. The Labute approximate surface area is 129 Å². The van der Waals surface area contributed by atoms with Crippen molar-refractivity contribution in [3.05, 3.63) is 36.4 Å². The molecule has 1 aromatic carbocycles. The number of carbonyl (C=O) groups excluding carboxylic acids is 1. The fourth-order valence-electron chi connectivity index (χ4n) is 2.13. The molecule has 1 atom stereocenters. The first-order valence-corrected chi connectivity index (χ1v) is 7.00. The van der Waals surface area contributed by atoms with Crippen molar-refractivity contribution in [2.75, 3.05) is 5.32 Å². The van der Waals surface area contributed by atoms with E-state index >= 15 is 0 Å². The Balaban J connectivity index is 2.17. The van der Waals surface area contributed by atoms with Gasteiger partial charge in [-0.25, -0.2) is 4.98 Å². The molecule has 0 radical (unpaired) electrons. The average Bonchev–Trinajstić information content (AvgIpc) is 3.00. The number of amides is 1. The van der Waals surface area contributed by atoms with E-state index in [2.05, 4.69) is 16.4 Å². The maximum atomic E-state index is 12.0. The molecule has 0 fully saturated rings. The van der Waals surface area contributed by atoms with Gasteiger partial charge in [0.1, 0.15) is 0 Å². The number of hydrogen-bond acceptors (Lipinski definition) is 5. The third-order valence-corrected chi connectivity index (χ3v) is 3.17. The summed E-state index contributed by atoms with van der Waals surface area (Å²) in [5.74, 6) is 0.584. The van der Waals surface area contributed by atoms with Crippen molar-refractivity contribution in [2.24, 2.45) is 11.7 Å². The van der Waals surface area contributed by atoms with Gasteiger partial charge in [0.05, 0.1) is 23.9 Å². The van der Waals surface area contributed by atoms with Crippen LogP contribution in [0.15, 0.2) is 35.2 Å². The Morgan fingerprint density at radius 2 is 2.27 bits per heavy atom. The summed E-state index contributed by atoms with van der Waals surface area (Å²) in [6.45, 7) is 4.01. The molecule has 0 spiro atoms. The van der Waals surface area contributed by atoms with Crippen molar-refractivity contribution in [3.63, 3.8) is 0 Å². The predicted molar refractivity (Wildman–Crippen MR) is 82.7 cm³/mol. The molecule has 0 bridgehead atoms. The highest BCUT2D eigenvalue weighted by Crippen LogP contribution is 2.25. The number of aromatic nitrogens is 1. The van der Waals surface area contributed by atoms with Crippen LogP contribution in [0.4, 0.5) is 5.69 Å².